The molecule has 3 rings (SSSR count). The van der Waals surface area contributed by atoms with E-state index in [1.165, 1.54) is 0 Å². The van der Waals surface area contributed by atoms with Gasteiger partial charge in [0.05, 0.1) is 0 Å². The van der Waals surface area contributed by atoms with Crippen LogP contribution in [0.4, 0.5) is 4.39 Å². The molecule has 0 saturated carbocycles. The van der Waals surface area contributed by atoms with Crippen LogP contribution in [0.2, 0.25) is 0 Å². The number of piperazine rings is 1. The summed E-state index contributed by atoms with van der Waals surface area (Å²) >= 11 is 0. The smallest absolute Gasteiger partial charge is 0.128 e. The van der Waals surface area contributed by atoms with Crippen molar-refractivity contribution in [3.63, 3.8) is 0 Å². The Labute approximate surface area is 131 Å². The van der Waals surface area contributed by atoms with Gasteiger partial charge in [0, 0.05) is 49.7 Å². The first kappa shape index (κ1) is 15.1. The van der Waals surface area contributed by atoms with Crippen molar-refractivity contribution in [3.05, 3.63) is 54.1 Å². The quantitative estimate of drug-likeness (QED) is 0.944. The molecule has 0 spiro atoms. The van der Waals surface area contributed by atoms with Gasteiger partial charge in [-0.15, -0.1) is 0 Å². The number of benzene rings is 1. The Morgan fingerprint density at radius 3 is 2.64 bits per heavy atom. The normalized spacial score (nSPS) is 18.3. The predicted octanol–water partition coefficient (Wildman–Crippen LogP) is 3.07. The second-order valence-corrected chi connectivity index (χ2v) is 6.56. The molecule has 1 aliphatic rings. The molecule has 0 radical (unpaired) electrons. The minimum atomic E-state index is -0.134. The van der Waals surface area contributed by atoms with E-state index in [0.29, 0.717) is 6.54 Å². The number of aromatic nitrogens is 1. The van der Waals surface area contributed by atoms with Gasteiger partial charge >= 0.3 is 0 Å². The molecule has 0 atom stereocenters. The maximum atomic E-state index is 14.4. The molecule has 4 heteroatoms. The fourth-order valence-electron chi connectivity index (χ4n) is 3.02. The van der Waals surface area contributed by atoms with Gasteiger partial charge in [-0.1, -0.05) is 12.1 Å². The number of hydrogen-bond donors (Lipinski definition) is 1. The van der Waals surface area contributed by atoms with Crippen molar-refractivity contribution in [2.24, 2.45) is 0 Å². The molecule has 0 aliphatic carbocycles. The highest BCUT2D eigenvalue weighted by molar-refractivity contribution is 5.63. The van der Waals surface area contributed by atoms with E-state index in [9.17, 15) is 4.39 Å². The third-order valence-corrected chi connectivity index (χ3v) is 4.11. The van der Waals surface area contributed by atoms with E-state index in [4.69, 9.17) is 0 Å². The van der Waals surface area contributed by atoms with Gasteiger partial charge in [-0.05, 0) is 43.2 Å². The van der Waals surface area contributed by atoms with E-state index in [1.807, 2.05) is 24.3 Å². The standard InChI is InChI=1S/C18H22FN3/c1-18(2)13-22(10-9-21-18)12-16-4-3-15(11-17(16)19)14-5-7-20-8-6-14/h3-8,11,21H,9-10,12-13H2,1-2H3. The molecule has 1 aliphatic heterocycles. The van der Waals surface area contributed by atoms with Crippen LogP contribution in [-0.2, 0) is 6.54 Å². The minimum absolute atomic E-state index is 0.0890. The van der Waals surface area contributed by atoms with Gasteiger partial charge < -0.3 is 5.32 Å². The maximum Gasteiger partial charge on any atom is 0.128 e. The Morgan fingerprint density at radius 2 is 1.95 bits per heavy atom. The lowest BCUT2D eigenvalue weighted by Crippen LogP contribution is -2.56. The second kappa shape index (κ2) is 6.15. The topological polar surface area (TPSA) is 28.2 Å². The third kappa shape index (κ3) is 3.51. The van der Waals surface area contributed by atoms with Crippen molar-refractivity contribution in [3.8, 4) is 11.1 Å². The average molecular weight is 299 g/mol. The van der Waals surface area contributed by atoms with Gasteiger partial charge in [0.25, 0.3) is 0 Å². The van der Waals surface area contributed by atoms with Crippen molar-refractivity contribution >= 4 is 0 Å². The lowest BCUT2D eigenvalue weighted by molar-refractivity contribution is 0.147. The van der Waals surface area contributed by atoms with E-state index in [0.717, 1.165) is 36.3 Å². The molecule has 1 aromatic heterocycles. The van der Waals surface area contributed by atoms with Crippen molar-refractivity contribution in [2.45, 2.75) is 25.9 Å². The Morgan fingerprint density at radius 1 is 1.18 bits per heavy atom. The van der Waals surface area contributed by atoms with E-state index in [-0.39, 0.29) is 11.4 Å². The largest absolute Gasteiger partial charge is 0.309 e. The molecule has 1 aromatic carbocycles. The van der Waals surface area contributed by atoms with Gasteiger partial charge in [0.1, 0.15) is 5.82 Å². The Hall–Kier alpha value is -1.78. The number of nitrogens with zero attached hydrogens (tertiary/aromatic N) is 2. The molecule has 2 aromatic rings. The van der Waals surface area contributed by atoms with Gasteiger partial charge in [-0.3, -0.25) is 9.88 Å². The van der Waals surface area contributed by atoms with Crippen LogP contribution in [0.15, 0.2) is 42.7 Å². The van der Waals surface area contributed by atoms with E-state index < -0.39 is 0 Å². The summed E-state index contributed by atoms with van der Waals surface area (Å²) in [6, 6.07) is 9.31. The van der Waals surface area contributed by atoms with Gasteiger partial charge in [0.2, 0.25) is 0 Å². The highest BCUT2D eigenvalue weighted by Gasteiger charge is 2.25. The molecular formula is C18H22FN3. The maximum absolute atomic E-state index is 14.4. The molecular weight excluding hydrogens is 277 g/mol. The van der Waals surface area contributed by atoms with E-state index in [2.05, 4.69) is 29.0 Å². The number of nitrogens with one attached hydrogen (secondary N) is 1. The highest BCUT2D eigenvalue weighted by atomic mass is 19.1. The van der Waals surface area contributed by atoms with Crippen LogP contribution < -0.4 is 5.32 Å². The van der Waals surface area contributed by atoms with Gasteiger partial charge in [0.15, 0.2) is 0 Å². The van der Waals surface area contributed by atoms with Crippen LogP contribution in [0.1, 0.15) is 19.4 Å². The molecule has 1 saturated heterocycles. The first-order chi connectivity index (χ1) is 10.5. The zero-order chi connectivity index (χ0) is 15.6. The molecule has 116 valence electrons. The third-order valence-electron chi connectivity index (χ3n) is 4.11. The number of pyridine rings is 1. The monoisotopic (exact) mass is 299 g/mol. The summed E-state index contributed by atoms with van der Waals surface area (Å²) in [4.78, 5) is 6.30. The SMILES string of the molecule is CC1(C)CN(Cc2ccc(-c3ccncc3)cc2F)CCN1. The summed E-state index contributed by atoms with van der Waals surface area (Å²) in [6.45, 7) is 7.86. The minimum Gasteiger partial charge on any atom is -0.309 e. The fourth-order valence-corrected chi connectivity index (χ4v) is 3.02. The molecule has 22 heavy (non-hydrogen) atoms. The van der Waals surface area contributed by atoms with Crippen LogP contribution in [0, 0.1) is 5.82 Å². The van der Waals surface area contributed by atoms with Crippen LogP contribution in [-0.4, -0.2) is 35.1 Å². The summed E-state index contributed by atoms with van der Waals surface area (Å²) in [6.07, 6.45) is 3.45. The van der Waals surface area contributed by atoms with Gasteiger partial charge in [-0.2, -0.15) is 0 Å². The number of halogens is 1. The first-order valence-corrected chi connectivity index (χ1v) is 7.70. The predicted molar refractivity (Wildman–Crippen MR) is 87.0 cm³/mol. The summed E-state index contributed by atoms with van der Waals surface area (Å²) in [7, 11) is 0. The van der Waals surface area contributed by atoms with Crippen LogP contribution in [0.25, 0.3) is 11.1 Å². The second-order valence-electron chi connectivity index (χ2n) is 6.56. The van der Waals surface area contributed by atoms with Crippen LogP contribution in [0.3, 0.4) is 0 Å². The number of rotatable bonds is 3. The lowest BCUT2D eigenvalue weighted by atomic mass is 10.0. The van der Waals surface area contributed by atoms with Crippen molar-refractivity contribution < 1.29 is 4.39 Å². The molecule has 0 unspecified atom stereocenters. The highest BCUT2D eigenvalue weighted by Crippen LogP contribution is 2.23. The average Bonchev–Trinajstić information content (AvgIpc) is 2.49. The Kier molecular flexibility index (Phi) is 4.23. The molecule has 3 nitrogen and oxygen atoms in total. The van der Waals surface area contributed by atoms with Crippen LogP contribution >= 0.6 is 0 Å². The molecule has 1 fully saturated rings. The van der Waals surface area contributed by atoms with Crippen molar-refractivity contribution in [2.75, 3.05) is 19.6 Å². The summed E-state index contributed by atoms with van der Waals surface area (Å²) < 4.78 is 14.4. The zero-order valence-corrected chi connectivity index (χ0v) is 13.1. The molecule has 2 heterocycles. The van der Waals surface area contributed by atoms with Gasteiger partial charge in [-0.25, -0.2) is 4.39 Å². The summed E-state index contributed by atoms with van der Waals surface area (Å²) in [5.74, 6) is -0.134. The Bertz CT molecular complexity index is 640. The van der Waals surface area contributed by atoms with E-state index >= 15 is 0 Å². The van der Waals surface area contributed by atoms with Crippen LogP contribution in [0.5, 0.6) is 0 Å². The molecule has 1 N–H and O–H groups in total. The summed E-state index contributed by atoms with van der Waals surface area (Å²) in [5, 5.41) is 3.48. The van der Waals surface area contributed by atoms with Crippen molar-refractivity contribution in [1.82, 2.24) is 15.2 Å². The lowest BCUT2D eigenvalue weighted by Gasteiger charge is -2.39. The first-order valence-electron chi connectivity index (χ1n) is 7.70. The Balaban J connectivity index is 1.75. The fraction of sp³-hybridized carbons (Fsp3) is 0.389. The van der Waals surface area contributed by atoms with Crippen molar-refractivity contribution in [1.29, 1.82) is 0 Å². The van der Waals surface area contributed by atoms with E-state index in [1.54, 1.807) is 18.5 Å². The number of hydrogen-bond acceptors (Lipinski definition) is 3. The molecule has 0 amide bonds. The zero-order valence-electron chi connectivity index (χ0n) is 13.1. The molecule has 0 bridgehead atoms. The summed E-state index contributed by atoms with van der Waals surface area (Å²) in [5.41, 5.74) is 2.73.